The molecule has 6 rings (SSSR count). The molecule has 234 valence electrons. The molecule has 0 bridgehead atoms. The molecule has 2 amide bonds. The lowest BCUT2D eigenvalue weighted by atomic mass is 9.59. The highest BCUT2D eigenvalue weighted by atomic mass is 79.9. The van der Waals surface area contributed by atoms with E-state index in [0.29, 0.717) is 28.4 Å². The molecule has 0 spiro atoms. The van der Waals surface area contributed by atoms with Crippen LogP contribution in [0.25, 0.3) is 0 Å². The summed E-state index contributed by atoms with van der Waals surface area (Å²) < 4.78 is 86.9. The fraction of sp³-hybridized carbons (Fsp3) is 0.290. The van der Waals surface area contributed by atoms with E-state index in [-0.39, 0.29) is 45.8 Å². The molecule has 0 unspecified atom stereocenters. The van der Waals surface area contributed by atoms with E-state index in [2.05, 4.69) is 15.9 Å². The van der Waals surface area contributed by atoms with E-state index < -0.39 is 76.2 Å². The number of benzene rings is 2. The first-order chi connectivity index (χ1) is 21.0. The fourth-order valence-electron chi connectivity index (χ4n) is 6.77. The molecule has 0 aromatic heterocycles. The van der Waals surface area contributed by atoms with Crippen LogP contribution in [0.4, 0.5) is 32.0 Å². The number of imide groups is 1. The van der Waals surface area contributed by atoms with Crippen molar-refractivity contribution < 1.29 is 55.4 Å². The molecule has 4 atom stereocenters. The summed E-state index contributed by atoms with van der Waals surface area (Å²) in [6, 6.07) is 4.79. The van der Waals surface area contributed by atoms with Crippen LogP contribution in [-0.2, 0) is 31.5 Å². The third kappa shape index (κ3) is 4.89. The number of allylic oxidation sites excluding steroid dienone is 6. The predicted molar refractivity (Wildman–Crippen MR) is 148 cm³/mol. The standard InChI is InChI=1S/C31H20BrF6NO6/c1-45-15-2-5-22(40)19(9-15)24-16-3-4-17-25(18(16)10-20-26(24)23(41)11-21(32)27(20)42)29(44)39(28(17)43)14-7-12(30(33,34)35)6-13(8-14)31(36,37)38/h2-3,5-9,11,17-18,24-25,40H,4,10H2,1H3/t17-,18+,24+,25-/m0/s1. The van der Waals surface area contributed by atoms with Crippen LogP contribution >= 0.6 is 15.9 Å². The van der Waals surface area contributed by atoms with Crippen molar-refractivity contribution in [3.63, 3.8) is 0 Å². The van der Waals surface area contributed by atoms with E-state index in [1.54, 1.807) is 6.08 Å². The highest BCUT2D eigenvalue weighted by molar-refractivity contribution is 9.12. The molecule has 45 heavy (non-hydrogen) atoms. The summed E-state index contributed by atoms with van der Waals surface area (Å²) in [4.78, 5) is 54.6. The number of phenolic OH excluding ortho intramolecular Hbond substituents is 1. The Bertz CT molecular complexity index is 1770. The van der Waals surface area contributed by atoms with Gasteiger partial charge in [-0.1, -0.05) is 11.6 Å². The number of alkyl halides is 6. The number of carbonyl (C=O) groups is 4. The Labute approximate surface area is 259 Å². The number of ketones is 2. The zero-order valence-electron chi connectivity index (χ0n) is 22.9. The fourth-order valence-corrected chi connectivity index (χ4v) is 7.22. The number of phenols is 1. The molecule has 1 fully saturated rings. The highest BCUT2D eigenvalue weighted by Gasteiger charge is 2.57. The van der Waals surface area contributed by atoms with Crippen molar-refractivity contribution in [2.24, 2.45) is 17.8 Å². The molecule has 2 aromatic carbocycles. The summed E-state index contributed by atoms with van der Waals surface area (Å²) in [6.07, 6.45) is -8.08. The Kier molecular flexibility index (Phi) is 7.14. The summed E-state index contributed by atoms with van der Waals surface area (Å²) in [6.45, 7) is 0. The molecule has 1 heterocycles. The van der Waals surface area contributed by atoms with Crippen LogP contribution in [0.2, 0.25) is 0 Å². The topological polar surface area (TPSA) is 101 Å². The van der Waals surface area contributed by atoms with Crippen molar-refractivity contribution in [3.8, 4) is 11.5 Å². The first kappa shape index (κ1) is 30.8. The van der Waals surface area contributed by atoms with Gasteiger partial charge in [0.1, 0.15) is 11.5 Å². The zero-order chi connectivity index (χ0) is 32.7. The molecule has 0 radical (unpaired) electrons. The summed E-state index contributed by atoms with van der Waals surface area (Å²) in [5.41, 5.74) is -3.61. The van der Waals surface area contributed by atoms with Crippen molar-refractivity contribution in [2.75, 3.05) is 12.0 Å². The van der Waals surface area contributed by atoms with Crippen molar-refractivity contribution >= 4 is 45.0 Å². The van der Waals surface area contributed by atoms with Gasteiger partial charge in [0.2, 0.25) is 11.8 Å². The smallest absolute Gasteiger partial charge is 0.416 e. The van der Waals surface area contributed by atoms with Gasteiger partial charge in [-0.2, -0.15) is 26.3 Å². The number of rotatable bonds is 3. The predicted octanol–water partition coefficient (Wildman–Crippen LogP) is 6.41. The van der Waals surface area contributed by atoms with E-state index in [9.17, 15) is 50.6 Å². The maximum absolute atomic E-state index is 14.0. The van der Waals surface area contributed by atoms with Gasteiger partial charge in [0, 0.05) is 28.7 Å². The second kappa shape index (κ2) is 10.4. The molecule has 4 aliphatic rings. The Morgan fingerprint density at radius 3 is 2.16 bits per heavy atom. The van der Waals surface area contributed by atoms with Crippen molar-refractivity contribution in [1.29, 1.82) is 0 Å². The van der Waals surface area contributed by atoms with Crippen molar-refractivity contribution in [3.05, 3.63) is 86.4 Å². The second-order valence-corrected chi connectivity index (χ2v) is 11.9. The third-order valence-electron chi connectivity index (χ3n) is 8.71. The zero-order valence-corrected chi connectivity index (χ0v) is 24.5. The summed E-state index contributed by atoms with van der Waals surface area (Å²) in [5, 5.41) is 10.9. The third-order valence-corrected chi connectivity index (χ3v) is 9.30. The van der Waals surface area contributed by atoms with Gasteiger partial charge in [0.25, 0.3) is 0 Å². The molecule has 2 aromatic rings. The van der Waals surface area contributed by atoms with Crippen LogP contribution in [0, 0.1) is 17.8 Å². The minimum Gasteiger partial charge on any atom is -0.508 e. The lowest BCUT2D eigenvalue weighted by Gasteiger charge is -2.42. The van der Waals surface area contributed by atoms with Crippen LogP contribution in [0.3, 0.4) is 0 Å². The number of fused-ring (bicyclic) bond motifs is 3. The number of aromatic hydroxyl groups is 1. The van der Waals surface area contributed by atoms with Crippen LogP contribution in [0.15, 0.2) is 69.8 Å². The Hall–Kier alpha value is -4.20. The van der Waals surface area contributed by atoms with Gasteiger partial charge in [-0.15, -0.1) is 0 Å². The number of methoxy groups -OCH3 is 1. The Morgan fingerprint density at radius 2 is 1.56 bits per heavy atom. The normalized spacial score (nSPS) is 25.1. The second-order valence-electron chi connectivity index (χ2n) is 11.1. The molecule has 1 saturated heterocycles. The Balaban J connectivity index is 1.49. The first-order valence-electron chi connectivity index (χ1n) is 13.5. The van der Waals surface area contributed by atoms with E-state index in [0.717, 1.165) is 6.08 Å². The lowest BCUT2D eigenvalue weighted by molar-refractivity contribution is -0.143. The van der Waals surface area contributed by atoms with Gasteiger partial charge < -0.3 is 9.84 Å². The molecular formula is C31H20BrF6NO6. The van der Waals surface area contributed by atoms with Crippen LogP contribution < -0.4 is 9.64 Å². The minimum absolute atomic E-state index is 0.0153. The van der Waals surface area contributed by atoms with Gasteiger partial charge in [0.05, 0.1) is 40.2 Å². The number of ether oxygens (including phenoxy) is 1. The van der Waals surface area contributed by atoms with Gasteiger partial charge in [-0.25, -0.2) is 4.90 Å². The summed E-state index contributed by atoms with van der Waals surface area (Å²) in [7, 11) is 1.37. The molecule has 3 aliphatic carbocycles. The number of anilines is 1. The molecule has 0 saturated carbocycles. The SMILES string of the molecule is COc1ccc(O)c([C@H]2C3=CC[C@@H]4C(=O)N(c5cc(C(F)(F)F)cc(C(F)(F)F)c5)C(=O)[C@@H]4[C@@H]3CC3=C2C(=O)C=C(Br)C3=O)c1. The molecule has 14 heteroatoms. The number of carbonyl (C=O) groups excluding carboxylic acids is 4. The molecule has 7 nitrogen and oxygen atoms in total. The van der Waals surface area contributed by atoms with Crippen LogP contribution in [-0.4, -0.2) is 35.6 Å². The number of halogens is 7. The summed E-state index contributed by atoms with van der Waals surface area (Å²) in [5.74, 6) is -7.55. The van der Waals surface area contributed by atoms with Gasteiger partial charge >= 0.3 is 12.4 Å². The maximum Gasteiger partial charge on any atom is 0.416 e. The van der Waals surface area contributed by atoms with E-state index in [1.807, 2.05) is 0 Å². The molecular weight excluding hydrogens is 676 g/mol. The van der Waals surface area contributed by atoms with Crippen molar-refractivity contribution in [2.45, 2.75) is 31.1 Å². The average molecular weight is 696 g/mol. The highest BCUT2D eigenvalue weighted by Crippen LogP contribution is 2.57. The van der Waals surface area contributed by atoms with Gasteiger partial charge in [-0.3, -0.25) is 19.2 Å². The monoisotopic (exact) mass is 695 g/mol. The van der Waals surface area contributed by atoms with Gasteiger partial charge in [0.15, 0.2) is 11.6 Å². The maximum atomic E-state index is 14.0. The van der Waals surface area contributed by atoms with E-state index in [1.165, 1.54) is 25.3 Å². The molecule has 1 N–H and O–H groups in total. The van der Waals surface area contributed by atoms with E-state index in [4.69, 9.17) is 4.74 Å². The number of Topliss-reactive ketones (excluding diaryl/α,β-unsaturated/α-hetero) is 1. The largest absolute Gasteiger partial charge is 0.508 e. The average Bonchev–Trinajstić information content (AvgIpc) is 3.23. The number of amides is 2. The first-order valence-corrected chi connectivity index (χ1v) is 14.3. The number of hydrogen-bond acceptors (Lipinski definition) is 6. The Morgan fingerprint density at radius 1 is 0.911 bits per heavy atom. The van der Waals surface area contributed by atoms with Gasteiger partial charge in [-0.05, 0) is 71.1 Å². The minimum atomic E-state index is -5.21. The number of hydrogen-bond donors (Lipinski definition) is 1. The quantitative estimate of drug-likeness (QED) is 0.173. The summed E-state index contributed by atoms with van der Waals surface area (Å²) >= 11 is 3.08. The van der Waals surface area contributed by atoms with Crippen LogP contribution in [0.1, 0.15) is 35.4 Å². The number of nitrogens with zero attached hydrogens (tertiary/aromatic N) is 1. The van der Waals surface area contributed by atoms with Crippen LogP contribution in [0.5, 0.6) is 11.5 Å². The van der Waals surface area contributed by atoms with E-state index >= 15 is 0 Å². The lowest BCUT2D eigenvalue weighted by Crippen LogP contribution is -2.39. The molecule has 1 aliphatic heterocycles. The van der Waals surface area contributed by atoms with Crippen molar-refractivity contribution in [1.82, 2.24) is 0 Å².